The molecule has 1 aliphatic carbocycles. The van der Waals surface area contributed by atoms with Crippen LogP contribution in [0.5, 0.6) is 0 Å². The molecule has 4 aromatic carbocycles. The number of fused-ring (bicyclic) bond motifs is 4. The van der Waals surface area contributed by atoms with E-state index in [1.165, 1.54) is 61.1 Å². The van der Waals surface area contributed by atoms with E-state index in [0.29, 0.717) is 0 Å². The zero-order valence-corrected chi connectivity index (χ0v) is 27.8. The Morgan fingerprint density at radius 3 is 1.07 bits per heavy atom. The molecule has 1 saturated carbocycles. The van der Waals surface area contributed by atoms with Gasteiger partial charge in [0, 0.05) is 50.0 Å². The third-order valence-electron chi connectivity index (χ3n) is 10.1. The van der Waals surface area contributed by atoms with E-state index in [4.69, 9.17) is 50.5 Å². The molecule has 4 aromatic rings. The Morgan fingerprint density at radius 2 is 0.775 bits per heavy atom. The van der Waals surface area contributed by atoms with Gasteiger partial charge in [0.15, 0.2) is 0 Å². The van der Waals surface area contributed by atoms with Crippen molar-refractivity contribution < 1.29 is 0 Å². The van der Waals surface area contributed by atoms with Crippen molar-refractivity contribution in [3.05, 3.63) is 95.1 Å². The van der Waals surface area contributed by atoms with Crippen LogP contribution in [0.25, 0.3) is 0 Å². The second-order valence-electron chi connectivity index (χ2n) is 11.8. The van der Waals surface area contributed by atoms with Crippen molar-refractivity contribution in [1.29, 1.82) is 0 Å². The van der Waals surface area contributed by atoms with Gasteiger partial charge in [-0.25, -0.2) is 0 Å². The van der Waals surface area contributed by atoms with Crippen LogP contribution in [0, 0.1) is 5.41 Å². The fourth-order valence-corrected chi connectivity index (χ4v) is 12.2. The van der Waals surface area contributed by atoms with E-state index < -0.39 is 0 Å². The molecule has 2 aliphatic heterocycles. The summed E-state index contributed by atoms with van der Waals surface area (Å²) in [6, 6.07) is 27.3. The number of thiol groups is 4. The van der Waals surface area contributed by atoms with Gasteiger partial charge >= 0.3 is 0 Å². The first kappa shape index (κ1) is 27.8. The van der Waals surface area contributed by atoms with Gasteiger partial charge in [0.05, 0.1) is 0 Å². The third kappa shape index (κ3) is 3.89. The molecule has 0 amide bonds. The van der Waals surface area contributed by atoms with Crippen LogP contribution in [-0.4, -0.2) is 0 Å². The summed E-state index contributed by atoms with van der Waals surface area (Å²) in [5, 5.41) is 0. The zero-order valence-electron chi connectivity index (χ0n) is 22.6. The SMILES string of the molecule is CC1(C2(C3(C)c4ccc(S)cc4Sc4cc(S)ccc43)CCCCC2)c2ccc(S)cc2Sc2cc(S)ccc21. The lowest BCUT2D eigenvalue weighted by Gasteiger charge is -2.63. The highest BCUT2D eigenvalue weighted by atomic mass is 32.2. The molecule has 3 aliphatic rings. The van der Waals surface area contributed by atoms with Gasteiger partial charge < -0.3 is 0 Å². The number of hydrogen-bond donors (Lipinski definition) is 4. The molecule has 0 N–H and O–H groups in total. The largest absolute Gasteiger partial charge is 0.143 e. The third-order valence-corrected chi connectivity index (χ3v) is 13.4. The minimum Gasteiger partial charge on any atom is -0.143 e. The minimum atomic E-state index is -0.239. The van der Waals surface area contributed by atoms with Crippen LogP contribution in [0.15, 0.2) is 112 Å². The molecule has 6 heteroatoms. The highest BCUT2D eigenvalue weighted by molar-refractivity contribution is 7.99. The number of hydrogen-bond acceptors (Lipinski definition) is 6. The van der Waals surface area contributed by atoms with Crippen LogP contribution in [0.4, 0.5) is 0 Å². The van der Waals surface area contributed by atoms with Gasteiger partial charge in [-0.15, -0.1) is 50.5 Å². The second kappa shape index (κ2) is 10.0. The van der Waals surface area contributed by atoms with Crippen molar-refractivity contribution in [2.45, 2.75) is 95.9 Å². The highest BCUT2D eigenvalue weighted by Crippen LogP contribution is 2.71. The van der Waals surface area contributed by atoms with Crippen LogP contribution in [0.2, 0.25) is 0 Å². The second-order valence-corrected chi connectivity index (χ2v) is 16.1. The van der Waals surface area contributed by atoms with Crippen molar-refractivity contribution in [3.8, 4) is 0 Å². The minimum absolute atomic E-state index is 0.0837. The molecule has 40 heavy (non-hydrogen) atoms. The van der Waals surface area contributed by atoms with Crippen molar-refractivity contribution in [1.82, 2.24) is 0 Å². The first-order valence-electron chi connectivity index (χ1n) is 13.9. The first-order valence-corrected chi connectivity index (χ1v) is 17.3. The van der Waals surface area contributed by atoms with Crippen LogP contribution in [0.3, 0.4) is 0 Å². The quantitative estimate of drug-likeness (QED) is 0.162. The van der Waals surface area contributed by atoms with E-state index in [9.17, 15) is 0 Å². The van der Waals surface area contributed by atoms with Crippen molar-refractivity contribution in [3.63, 3.8) is 0 Å². The molecule has 0 atom stereocenters. The Hall–Kier alpha value is -1.02. The average molecular weight is 633 g/mol. The molecule has 0 unspecified atom stereocenters. The fraction of sp³-hybridized carbons (Fsp3) is 0.294. The first-order chi connectivity index (χ1) is 19.2. The van der Waals surface area contributed by atoms with Crippen molar-refractivity contribution >= 4 is 74.0 Å². The summed E-state index contributed by atoms with van der Waals surface area (Å²) < 4.78 is 0. The summed E-state index contributed by atoms with van der Waals surface area (Å²) in [6.07, 6.45) is 6.05. The Balaban J connectivity index is 1.62. The standard InChI is InChI=1S/C34H32S6/c1-32(24-10-6-20(35)16-28(24)39-29-17-21(36)7-11-25(29)32)34(14-4-3-5-15-34)33(2)26-12-8-22(37)18-30(26)40-31-19-23(38)9-13-27(31)33/h6-13,16-19,35-38H,3-5,14-15H2,1-2H3. The summed E-state index contributed by atoms with van der Waals surface area (Å²) in [4.78, 5) is 9.31. The van der Waals surface area contributed by atoms with Crippen molar-refractivity contribution in [2.24, 2.45) is 5.41 Å². The number of rotatable bonds is 2. The molecule has 0 bridgehead atoms. The predicted octanol–water partition coefficient (Wildman–Crippen LogP) is 11.0. The van der Waals surface area contributed by atoms with E-state index >= 15 is 0 Å². The Morgan fingerprint density at radius 1 is 0.475 bits per heavy atom. The monoisotopic (exact) mass is 632 g/mol. The van der Waals surface area contributed by atoms with E-state index in [1.54, 1.807) is 0 Å². The van der Waals surface area contributed by atoms with Gasteiger partial charge in [0.25, 0.3) is 0 Å². The van der Waals surface area contributed by atoms with Gasteiger partial charge in [0.1, 0.15) is 0 Å². The Labute approximate surface area is 268 Å². The molecule has 7 rings (SSSR count). The zero-order chi connectivity index (χ0) is 27.9. The highest BCUT2D eigenvalue weighted by Gasteiger charge is 2.64. The van der Waals surface area contributed by atoms with Crippen LogP contribution in [0.1, 0.15) is 68.2 Å². The summed E-state index contributed by atoms with van der Waals surface area (Å²) in [5.74, 6) is 0. The topological polar surface area (TPSA) is 0 Å². The van der Waals surface area contributed by atoms with Crippen LogP contribution >= 0.6 is 74.0 Å². The molecular weight excluding hydrogens is 601 g/mol. The molecule has 2 heterocycles. The number of benzene rings is 4. The molecule has 0 radical (unpaired) electrons. The van der Waals surface area contributed by atoms with Gasteiger partial charge in [-0.05, 0) is 89.0 Å². The molecule has 0 nitrogen and oxygen atoms in total. The van der Waals surface area contributed by atoms with E-state index in [1.807, 2.05) is 23.5 Å². The average Bonchev–Trinajstić information content (AvgIpc) is 2.92. The van der Waals surface area contributed by atoms with Gasteiger partial charge in [-0.1, -0.05) is 80.9 Å². The lowest BCUT2D eigenvalue weighted by atomic mass is 9.41. The predicted molar refractivity (Wildman–Crippen MR) is 181 cm³/mol. The summed E-state index contributed by atoms with van der Waals surface area (Å²) in [6.45, 7) is 5.11. The summed E-state index contributed by atoms with van der Waals surface area (Å²) >= 11 is 22.9. The molecule has 1 fully saturated rings. The van der Waals surface area contributed by atoms with E-state index in [2.05, 4.69) is 86.6 Å². The Kier molecular flexibility index (Phi) is 6.96. The lowest BCUT2D eigenvalue weighted by molar-refractivity contribution is 0.0217. The maximum absolute atomic E-state index is 4.78. The molecule has 204 valence electrons. The normalized spacial score (nSPS) is 19.6. The molecule has 0 spiro atoms. The van der Waals surface area contributed by atoms with Crippen molar-refractivity contribution in [2.75, 3.05) is 0 Å². The molecule has 0 saturated heterocycles. The van der Waals surface area contributed by atoms with Gasteiger partial charge in [-0.3, -0.25) is 0 Å². The molecule has 0 aromatic heterocycles. The maximum atomic E-state index is 4.78. The smallest absolute Gasteiger partial charge is 0.0265 e. The van der Waals surface area contributed by atoms with E-state index in [0.717, 1.165) is 32.4 Å². The van der Waals surface area contributed by atoms with Gasteiger partial charge in [-0.2, -0.15) is 0 Å². The summed E-state index contributed by atoms with van der Waals surface area (Å²) in [7, 11) is 0. The summed E-state index contributed by atoms with van der Waals surface area (Å²) in [5.41, 5.74) is 5.14. The molecular formula is C34H32S6. The maximum Gasteiger partial charge on any atom is 0.0265 e. The fourth-order valence-electron chi connectivity index (χ4n) is 8.25. The van der Waals surface area contributed by atoms with Crippen LogP contribution < -0.4 is 0 Å². The Bertz CT molecular complexity index is 1450. The van der Waals surface area contributed by atoms with E-state index in [-0.39, 0.29) is 16.2 Å². The van der Waals surface area contributed by atoms with Gasteiger partial charge in [0.2, 0.25) is 0 Å². The lowest BCUT2D eigenvalue weighted by Crippen LogP contribution is -2.59. The van der Waals surface area contributed by atoms with Crippen LogP contribution in [-0.2, 0) is 10.8 Å².